The topological polar surface area (TPSA) is 72.1 Å². The summed E-state index contributed by atoms with van der Waals surface area (Å²) in [6.45, 7) is 5.62. The molecule has 0 radical (unpaired) electrons. The summed E-state index contributed by atoms with van der Waals surface area (Å²) in [5, 5.41) is 0. The summed E-state index contributed by atoms with van der Waals surface area (Å²) in [5.41, 5.74) is 1.96. The van der Waals surface area contributed by atoms with Gasteiger partial charge in [0, 0.05) is 51.1 Å². The largest absolute Gasteiger partial charge is 0.383 e. The molecule has 8 heteroatoms. The third-order valence-corrected chi connectivity index (χ3v) is 8.15. The molecule has 0 bridgehead atoms. The number of amides is 1. The first kappa shape index (κ1) is 25.0. The molecule has 4 heterocycles. The fourth-order valence-corrected chi connectivity index (χ4v) is 6.15. The molecule has 2 fully saturated rings. The molecule has 2 saturated heterocycles. The normalized spacial score (nSPS) is 23.9. The van der Waals surface area contributed by atoms with Gasteiger partial charge < -0.3 is 14.5 Å². The highest BCUT2D eigenvalue weighted by Gasteiger charge is 2.31. The number of aliphatic imine (C=N–C) groups is 1. The molecule has 2 atom stereocenters. The Balaban J connectivity index is 1.19. The number of para-hydroxylation sites is 2. The van der Waals surface area contributed by atoms with Gasteiger partial charge >= 0.3 is 5.69 Å². The fourth-order valence-electron chi connectivity index (χ4n) is 6.15. The highest BCUT2D eigenvalue weighted by atomic mass is 16.5. The van der Waals surface area contributed by atoms with E-state index in [9.17, 15) is 9.59 Å². The van der Waals surface area contributed by atoms with E-state index in [-0.39, 0.29) is 17.6 Å². The lowest BCUT2D eigenvalue weighted by Gasteiger charge is -2.34. The Morgan fingerprint density at radius 3 is 2.61 bits per heavy atom. The number of likely N-dealkylation sites (tertiary alicyclic amines) is 2. The molecular weight excluding hydrogens is 454 g/mol. The summed E-state index contributed by atoms with van der Waals surface area (Å²) >= 11 is 0. The molecule has 0 aliphatic carbocycles. The van der Waals surface area contributed by atoms with E-state index >= 15 is 0 Å². The first-order valence-corrected chi connectivity index (χ1v) is 13.5. The van der Waals surface area contributed by atoms with Crippen molar-refractivity contribution in [1.82, 2.24) is 18.9 Å². The minimum atomic E-state index is 0.0287. The standard InChI is InChI=1S/C28H39N5O3/c1-36-20-19-32-25-6-2-3-7-26(25)33(28(32)35)24-11-17-31(18-12-24)27(34)23-5-4-15-30(16-10-23)21-22-8-13-29-14-9-22/h2-3,6-8,13-14,22-24H,4-5,9-12,15-21H2,1H3. The van der Waals surface area contributed by atoms with Crippen LogP contribution in [0.15, 0.2) is 46.3 Å². The zero-order valence-electron chi connectivity index (χ0n) is 21.4. The molecule has 1 aromatic carbocycles. The molecule has 36 heavy (non-hydrogen) atoms. The van der Waals surface area contributed by atoms with Crippen LogP contribution in [-0.4, -0.2) is 77.5 Å². The molecule has 8 nitrogen and oxygen atoms in total. The SMILES string of the molecule is COCCn1c(=O)n(C2CCN(C(=O)C3CCCN(CC4C=CN=CC4)CC3)CC2)c2ccccc21. The quantitative estimate of drug-likeness (QED) is 0.593. The van der Waals surface area contributed by atoms with Crippen LogP contribution >= 0.6 is 0 Å². The molecule has 1 amide bonds. The maximum Gasteiger partial charge on any atom is 0.329 e. The van der Waals surface area contributed by atoms with Crippen LogP contribution in [0.5, 0.6) is 0 Å². The number of aromatic nitrogens is 2. The third-order valence-electron chi connectivity index (χ3n) is 8.15. The molecule has 5 rings (SSSR count). The number of fused-ring (bicyclic) bond motifs is 1. The van der Waals surface area contributed by atoms with E-state index in [1.54, 1.807) is 7.11 Å². The monoisotopic (exact) mass is 493 g/mol. The van der Waals surface area contributed by atoms with Crippen molar-refractivity contribution in [2.75, 3.05) is 46.4 Å². The second-order valence-corrected chi connectivity index (χ2v) is 10.4. The van der Waals surface area contributed by atoms with E-state index < -0.39 is 0 Å². The number of hydrogen-bond donors (Lipinski definition) is 0. The van der Waals surface area contributed by atoms with Crippen molar-refractivity contribution in [3.8, 4) is 0 Å². The second-order valence-electron chi connectivity index (χ2n) is 10.4. The summed E-state index contributed by atoms with van der Waals surface area (Å²) < 4.78 is 9.01. The number of methoxy groups -OCH3 is 1. The Labute approximate surface area is 213 Å². The summed E-state index contributed by atoms with van der Waals surface area (Å²) in [6.07, 6.45) is 11.8. The van der Waals surface area contributed by atoms with Gasteiger partial charge in [-0.15, -0.1) is 0 Å². The van der Waals surface area contributed by atoms with Crippen molar-refractivity contribution >= 4 is 23.2 Å². The Kier molecular flexibility index (Phi) is 8.02. The lowest BCUT2D eigenvalue weighted by molar-refractivity contribution is -0.137. The van der Waals surface area contributed by atoms with E-state index in [0.717, 1.165) is 82.3 Å². The van der Waals surface area contributed by atoms with Crippen molar-refractivity contribution in [2.45, 2.75) is 51.1 Å². The van der Waals surface area contributed by atoms with Gasteiger partial charge in [-0.25, -0.2) is 4.79 Å². The molecule has 0 N–H and O–H groups in total. The van der Waals surface area contributed by atoms with Crippen LogP contribution in [0.1, 0.15) is 44.6 Å². The van der Waals surface area contributed by atoms with Gasteiger partial charge in [-0.05, 0) is 69.7 Å². The number of ether oxygens (including phenoxy) is 1. The van der Waals surface area contributed by atoms with Crippen LogP contribution < -0.4 is 5.69 Å². The van der Waals surface area contributed by atoms with Gasteiger partial charge in [-0.1, -0.05) is 18.2 Å². The van der Waals surface area contributed by atoms with Gasteiger partial charge in [-0.3, -0.25) is 18.9 Å². The van der Waals surface area contributed by atoms with Crippen LogP contribution in [0.2, 0.25) is 0 Å². The molecule has 2 aromatic rings. The van der Waals surface area contributed by atoms with Crippen molar-refractivity contribution < 1.29 is 9.53 Å². The number of rotatable bonds is 7. The van der Waals surface area contributed by atoms with Crippen molar-refractivity contribution in [3.05, 3.63) is 47.0 Å². The highest BCUT2D eigenvalue weighted by molar-refractivity contribution is 5.79. The van der Waals surface area contributed by atoms with Crippen LogP contribution in [-0.2, 0) is 16.1 Å². The Hall–Kier alpha value is -2.71. The number of carbonyl (C=O) groups is 1. The van der Waals surface area contributed by atoms with E-state index in [0.29, 0.717) is 25.0 Å². The number of piperidine rings is 1. The minimum Gasteiger partial charge on any atom is -0.383 e. The van der Waals surface area contributed by atoms with Gasteiger partial charge in [0.25, 0.3) is 0 Å². The van der Waals surface area contributed by atoms with E-state index in [1.807, 2.05) is 45.8 Å². The molecule has 2 unspecified atom stereocenters. The van der Waals surface area contributed by atoms with Gasteiger partial charge in [-0.2, -0.15) is 0 Å². The first-order chi connectivity index (χ1) is 17.7. The van der Waals surface area contributed by atoms with Crippen molar-refractivity contribution in [1.29, 1.82) is 0 Å². The number of benzene rings is 1. The van der Waals surface area contributed by atoms with Crippen molar-refractivity contribution in [2.24, 2.45) is 16.8 Å². The molecule has 3 aliphatic rings. The third kappa shape index (κ3) is 5.34. The summed E-state index contributed by atoms with van der Waals surface area (Å²) in [5.74, 6) is 0.973. The van der Waals surface area contributed by atoms with E-state index in [1.165, 1.54) is 0 Å². The minimum absolute atomic E-state index is 0.0287. The molecular formula is C28H39N5O3. The fraction of sp³-hybridized carbons (Fsp3) is 0.607. The molecule has 0 saturated carbocycles. The molecule has 194 valence electrons. The molecule has 0 spiro atoms. The highest BCUT2D eigenvalue weighted by Crippen LogP contribution is 2.28. The second kappa shape index (κ2) is 11.6. The smallest absolute Gasteiger partial charge is 0.329 e. The Morgan fingerprint density at radius 2 is 1.86 bits per heavy atom. The van der Waals surface area contributed by atoms with Crippen LogP contribution in [0.25, 0.3) is 11.0 Å². The van der Waals surface area contributed by atoms with E-state index in [4.69, 9.17) is 4.74 Å². The lowest BCUT2D eigenvalue weighted by atomic mass is 9.96. The average molecular weight is 494 g/mol. The van der Waals surface area contributed by atoms with Gasteiger partial charge in [0.15, 0.2) is 0 Å². The maximum absolute atomic E-state index is 13.4. The first-order valence-electron chi connectivity index (χ1n) is 13.5. The lowest BCUT2D eigenvalue weighted by Crippen LogP contribution is -2.43. The molecule has 1 aromatic heterocycles. The predicted molar refractivity (Wildman–Crippen MR) is 142 cm³/mol. The summed E-state index contributed by atoms with van der Waals surface area (Å²) in [4.78, 5) is 35.6. The van der Waals surface area contributed by atoms with Crippen molar-refractivity contribution in [3.63, 3.8) is 0 Å². The van der Waals surface area contributed by atoms with Crippen LogP contribution in [0, 0.1) is 11.8 Å². The summed E-state index contributed by atoms with van der Waals surface area (Å²) in [6, 6.07) is 8.13. The van der Waals surface area contributed by atoms with Crippen LogP contribution in [0.3, 0.4) is 0 Å². The number of hydrogen-bond acceptors (Lipinski definition) is 5. The Bertz CT molecular complexity index is 1160. The zero-order chi connectivity index (χ0) is 24.9. The number of nitrogens with zero attached hydrogens (tertiary/aromatic N) is 5. The van der Waals surface area contributed by atoms with E-state index in [2.05, 4.69) is 20.9 Å². The Morgan fingerprint density at radius 1 is 1.06 bits per heavy atom. The van der Waals surface area contributed by atoms with Crippen LogP contribution in [0.4, 0.5) is 0 Å². The maximum atomic E-state index is 13.4. The number of imidazole rings is 1. The van der Waals surface area contributed by atoms with Gasteiger partial charge in [0.1, 0.15) is 0 Å². The van der Waals surface area contributed by atoms with Gasteiger partial charge in [0.2, 0.25) is 5.91 Å². The average Bonchev–Trinajstić information content (AvgIpc) is 3.03. The zero-order valence-corrected chi connectivity index (χ0v) is 21.4. The predicted octanol–water partition coefficient (Wildman–Crippen LogP) is 3.32. The summed E-state index contributed by atoms with van der Waals surface area (Å²) in [7, 11) is 1.66. The molecule has 3 aliphatic heterocycles. The van der Waals surface area contributed by atoms with Gasteiger partial charge in [0.05, 0.1) is 24.2 Å². The number of carbonyl (C=O) groups excluding carboxylic acids is 1.